The molecule has 0 bridgehead atoms. The first-order valence-corrected chi connectivity index (χ1v) is 14.4. The van der Waals surface area contributed by atoms with Crippen molar-refractivity contribution in [3.05, 3.63) is 35.1 Å². The molecule has 0 atom stereocenters. The molecule has 1 radical (unpaired) electrons. The number of rotatable bonds is 9. The highest BCUT2D eigenvalue weighted by Gasteiger charge is 2.24. The second-order valence-corrected chi connectivity index (χ2v) is 12.7. The van der Waals surface area contributed by atoms with Gasteiger partial charge in [-0.1, -0.05) is 102 Å². The van der Waals surface area contributed by atoms with Crippen LogP contribution in [-0.2, 0) is 6.42 Å². The van der Waals surface area contributed by atoms with Gasteiger partial charge in [0, 0.05) is 8.80 Å². The molecule has 0 aromatic heterocycles. The van der Waals surface area contributed by atoms with Crippen molar-refractivity contribution in [2.45, 2.75) is 115 Å². The lowest BCUT2D eigenvalue weighted by molar-refractivity contribution is 0.255. The smallest absolute Gasteiger partial charge is 0.126 e. The van der Waals surface area contributed by atoms with Gasteiger partial charge in [0.05, 0.1) is 0 Å². The Morgan fingerprint density at radius 2 is 1.64 bits per heavy atom. The minimum Gasteiger partial charge on any atom is -0.207 e. The van der Waals surface area contributed by atoms with Gasteiger partial charge in [0.2, 0.25) is 0 Å². The van der Waals surface area contributed by atoms with E-state index in [1.54, 1.807) is 0 Å². The van der Waals surface area contributed by atoms with Crippen LogP contribution in [0.1, 0.15) is 102 Å². The van der Waals surface area contributed by atoms with Gasteiger partial charge in [-0.05, 0) is 54.2 Å². The van der Waals surface area contributed by atoms with Crippen LogP contribution in [-0.4, -0.2) is 8.80 Å². The summed E-state index contributed by atoms with van der Waals surface area (Å²) in [5.41, 5.74) is 2.16. The zero-order chi connectivity index (χ0) is 19.8. The van der Waals surface area contributed by atoms with E-state index < -0.39 is 0 Å². The molecule has 28 heavy (non-hydrogen) atoms. The average Bonchev–Trinajstić information content (AvgIpc) is 2.74. The van der Waals surface area contributed by atoms with Crippen LogP contribution < -0.4 is 0 Å². The quantitative estimate of drug-likeness (QED) is 0.287. The lowest BCUT2D eigenvalue weighted by Crippen LogP contribution is -2.20. The van der Waals surface area contributed by atoms with E-state index >= 15 is 0 Å². The van der Waals surface area contributed by atoms with Crippen molar-refractivity contribution in [2.75, 3.05) is 0 Å². The maximum Gasteiger partial charge on any atom is 0.126 e. The third-order valence-corrected chi connectivity index (χ3v) is 10.7. The van der Waals surface area contributed by atoms with Gasteiger partial charge in [-0.3, -0.25) is 0 Å². The molecule has 1 saturated heterocycles. The van der Waals surface area contributed by atoms with Crippen molar-refractivity contribution < 1.29 is 4.39 Å². The van der Waals surface area contributed by atoms with E-state index in [1.807, 2.05) is 12.1 Å². The van der Waals surface area contributed by atoms with Gasteiger partial charge in [0.1, 0.15) is 5.82 Å². The van der Waals surface area contributed by atoms with E-state index in [9.17, 15) is 4.39 Å². The minimum atomic E-state index is -0.123. The molecule has 2 heteroatoms. The zero-order valence-corrected chi connectivity index (χ0v) is 19.4. The van der Waals surface area contributed by atoms with Gasteiger partial charge in [-0.15, -0.1) is 0 Å². The van der Waals surface area contributed by atoms with Crippen molar-refractivity contribution in [1.29, 1.82) is 0 Å². The number of halogens is 1. The molecule has 1 saturated carbocycles. The summed E-state index contributed by atoms with van der Waals surface area (Å²) in [5, 5.41) is 0. The molecule has 1 aliphatic heterocycles. The molecule has 0 amide bonds. The molecular formula is C26H42FSi. The topological polar surface area (TPSA) is 0 Å². The second-order valence-electron chi connectivity index (χ2n) is 9.67. The van der Waals surface area contributed by atoms with Gasteiger partial charge < -0.3 is 0 Å². The van der Waals surface area contributed by atoms with Crippen LogP contribution in [0, 0.1) is 17.7 Å². The van der Waals surface area contributed by atoms with Gasteiger partial charge in [-0.25, -0.2) is 4.39 Å². The van der Waals surface area contributed by atoms with Crippen molar-refractivity contribution in [1.82, 2.24) is 0 Å². The van der Waals surface area contributed by atoms with Crippen LogP contribution in [0.4, 0.5) is 4.39 Å². The van der Waals surface area contributed by atoms with Crippen LogP contribution in [0.15, 0.2) is 18.2 Å². The molecule has 1 heterocycles. The summed E-state index contributed by atoms with van der Waals surface area (Å²) in [5.74, 6) is 2.73. The Labute approximate surface area is 175 Å². The van der Waals surface area contributed by atoms with Crippen LogP contribution in [0.5, 0.6) is 0 Å². The zero-order valence-electron chi connectivity index (χ0n) is 18.4. The lowest BCUT2D eigenvalue weighted by atomic mass is 9.79. The molecule has 157 valence electrons. The largest absolute Gasteiger partial charge is 0.207 e. The van der Waals surface area contributed by atoms with E-state index in [2.05, 4.69) is 19.9 Å². The first-order chi connectivity index (χ1) is 13.7. The fourth-order valence-corrected chi connectivity index (χ4v) is 8.65. The minimum absolute atomic E-state index is 0.0309. The van der Waals surface area contributed by atoms with E-state index in [1.165, 1.54) is 87.9 Å². The first kappa shape index (κ1) is 22.1. The second kappa shape index (κ2) is 11.5. The molecule has 2 aliphatic rings. The highest BCUT2D eigenvalue weighted by Crippen LogP contribution is 2.37. The highest BCUT2D eigenvalue weighted by molar-refractivity contribution is 6.59. The Morgan fingerprint density at radius 1 is 0.929 bits per heavy atom. The molecule has 2 fully saturated rings. The SMILES string of the molecule is CCCc1ccc(C2CC[Si](CCCCC3CCC(CC)CC3)CC2)cc1F. The maximum absolute atomic E-state index is 14.3. The molecule has 0 spiro atoms. The van der Waals surface area contributed by atoms with Crippen molar-refractivity contribution in [3.8, 4) is 0 Å². The fourth-order valence-electron chi connectivity index (χ4n) is 5.64. The Bertz CT molecular complexity index is 568. The predicted octanol–water partition coefficient (Wildman–Crippen LogP) is 8.54. The molecule has 0 unspecified atom stereocenters. The maximum atomic E-state index is 14.3. The predicted molar refractivity (Wildman–Crippen MR) is 122 cm³/mol. The summed E-state index contributed by atoms with van der Waals surface area (Å²) in [6.45, 7) is 4.48. The number of benzene rings is 1. The van der Waals surface area contributed by atoms with Crippen LogP contribution >= 0.6 is 0 Å². The van der Waals surface area contributed by atoms with Crippen LogP contribution in [0.3, 0.4) is 0 Å². The van der Waals surface area contributed by atoms with Crippen molar-refractivity contribution >= 4 is 8.80 Å². The number of aryl methyl sites for hydroxylation is 1. The van der Waals surface area contributed by atoms with Crippen LogP contribution in [0.2, 0.25) is 18.1 Å². The third-order valence-electron chi connectivity index (χ3n) is 7.70. The summed E-state index contributed by atoms with van der Waals surface area (Å²) in [6.07, 6.45) is 16.4. The molecule has 1 aromatic rings. The van der Waals surface area contributed by atoms with Gasteiger partial charge in [0.25, 0.3) is 0 Å². The van der Waals surface area contributed by atoms with E-state index in [0.717, 1.165) is 30.2 Å². The molecule has 1 aliphatic carbocycles. The normalized spacial score (nSPS) is 24.5. The summed E-state index contributed by atoms with van der Waals surface area (Å²) >= 11 is 0. The Morgan fingerprint density at radius 3 is 2.29 bits per heavy atom. The van der Waals surface area contributed by atoms with Gasteiger partial charge in [0.15, 0.2) is 0 Å². The van der Waals surface area contributed by atoms with E-state index in [-0.39, 0.29) is 14.6 Å². The van der Waals surface area contributed by atoms with Crippen molar-refractivity contribution in [3.63, 3.8) is 0 Å². The van der Waals surface area contributed by atoms with Crippen molar-refractivity contribution in [2.24, 2.45) is 11.8 Å². The Kier molecular flexibility index (Phi) is 9.08. The van der Waals surface area contributed by atoms with Gasteiger partial charge >= 0.3 is 0 Å². The third kappa shape index (κ3) is 6.44. The molecular weight excluding hydrogens is 359 g/mol. The summed E-state index contributed by atoms with van der Waals surface area (Å²) in [7, 11) is -0.123. The van der Waals surface area contributed by atoms with Gasteiger partial charge in [-0.2, -0.15) is 0 Å². The molecule has 0 N–H and O–H groups in total. The summed E-state index contributed by atoms with van der Waals surface area (Å²) < 4.78 is 14.3. The molecule has 3 rings (SSSR count). The number of hydrogen-bond acceptors (Lipinski definition) is 0. The lowest BCUT2D eigenvalue weighted by Gasteiger charge is -2.29. The van der Waals surface area contributed by atoms with E-state index in [4.69, 9.17) is 0 Å². The molecule has 1 aromatic carbocycles. The Balaban J connectivity index is 1.32. The molecule has 0 nitrogen and oxygen atoms in total. The first-order valence-electron chi connectivity index (χ1n) is 12.3. The highest BCUT2D eigenvalue weighted by atomic mass is 28.3. The standard InChI is InChI=1S/C26H42FSi/c1-3-7-24-13-14-25(20-26(24)27)23-15-18-28(19-16-23)17-6-5-8-22-11-9-21(4-2)10-12-22/h13-14,20-23H,3-12,15-19H2,1-2H3. The summed E-state index contributed by atoms with van der Waals surface area (Å²) in [4.78, 5) is 0. The number of hydrogen-bond donors (Lipinski definition) is 0. The summed E-state index contributed by atoms with van der Waals surface area (Å²) in [6, 6.07) is 10.5. The average molecular weight is 402 g/mol. The van der Waals surface area contributed by atoms with Crippen LogP contribution in [0.25, 0.3) is 0 Å². The monoisotopic (exact) mass is 401 g/mol. The van der Waals surface area contributed by atoms with E-state index in [0.29, 0.717) is 5.92 Å². The number of unbranched alkanes of at least 4 members (excludes halogenated alkanes) is 1. The Hall–Kier alpha value is -0.633. The fraction of sp³-hybridized carbons (Fsp3) is 0.769.